The first-order valence-electron chi connectivity index (χ1n) is 8.32. The number of likely N-dealkylation sites (N-methyl/N-ethyl adjacent to an activating group) is 1. The van der Waals surface area contributed by atoms with Crippen LogP contribution in [0.15, 0.2) is 83.5 Å². The van der Waals surface area contributed by atoms with Crippen LogP contribution < -0.4 is 5.32 Å². The third kappa shape index (κ3) is 4.81. The Morgan fingerprint density at radius 2 is 1.68 bits per heavy atom. The Morgan fingerprint density at radius 3 is 2.32 bits per heavy atom. The zero-order valence-electron chi connectivity index (χ0n) is 14.3. The predicted molar refractivity (Wildman–Crippen MR) is 97.9 cm³/mol. The molecule has 0 bridgehead atoms. The molecule has 3 rings (SSSR count). The Balaban J connectivity index is 1.64. The molecule has 0 saturated carbocycles. The number of carbonyl (C=O) groups excluding carboxylic acids is 1. The smallest absolute Gasteiger partial charge is 0.235 e. The summed E-state index contributed by atoms with van der Waals surface area (Å²) in [6.45, 7) is 1.05. The van der Waals surface area contributed by atoms with Crippen molar-refractivity contribution in [3.05, 3.63) is 95.9 Å². The summed E-state index contributed by atoms with van der Waals surface area (Å²) in [7, 11) is 1.94. The minimum Gasteiger partial charge on any atom is -0.467 e. The lowest BCUT2D eigenvalue weighted by atomic mass is 10.0. The summed E-state index contributed by atoms with van der Waals surface area (Å²) in [5, 5.41) is 3.08. The van der Waals surface area contributed by atoms with Crippen LogP contribution in [0.25, 0.3) is 0 Å². The van der Waals surface area contributed by atoms with Crippen LogP contribution in [0.4, 0.5) is 0 Å². The summed E-state index contributed by atoms with van der Waals surface area (Å²) in [6, 6.07) is 23.4. The van der Waals surface area contributed by atoms with E-state index in [4.69, 9.17) is 4.42 Å². The van der Waals surface area contributed by atoms with E-state index in [0.717, 1.165) is 17.9 Å². The van der Waals surface area contributed by atoms with E-state index in [2.05, 4.69) is 17.4 Å². The lowest BCUT2D eigenvalue weighted by Gasteiger charge is -2.20. The summed E-state index contributed by atoms with van der Waals surface area (Å²) < 4.78 is 5.52. The van der Waals surface area contributed by atoms with Gasteiger partial charge in [0.25, 0.3) is 0 Å². The average molecular weight is 334 g/mol. The monoisotopic (exact) mass is 334 g/mol. The molecule has 1 heterocycles. The van der Waals surface area contributed by atoms with Crippen molar-refractivity contribution in [3.63, 3.8) is 0 Å². The van der Waals surface area contributed by atoms with E-state index in [9.17, 15) is 4.79 Å². The highest BCUT2D eigenvalue weighted by Gasteiger charge is 2.19. The summed E-state index contributed by atoms with van der Waals surface area (Å²) >= 11 is 0. The lowest BCUT2D eigenvalue weighted by molar-refractivity contribution is -0.122. The van der Waals surface area contributed by atoms with Gasteiger partial charge in [0.1, 0.15) is 11.8 Å². The Labute approximate surface area is 148 Å². The van der Waals surface area contributed by atoms with Crippen LogP contribution in [0.3, 0.4) is 0 Å². The summed E-state index contributed by atoms with van der Waals surface area (Å²) in [6.07, 6.45) is 1.62. The molecule has 0 aliphatic carbocycles. The Kier molecular flexibility index (Phi) is 5.65. The molecule has 4 nitrogen and oxygen atoms in total. The van der Waals surface area contributed by atoms with Gasteiger partial charge in [-0.3, -0.25) is 9.69 Å². The second-order valence-electron chi connectivity index (χ2n) is 6.08. The van der Waals surface area contributed by atoms with Crippen LogP contribution in [0.2, 0.25) is 0 Å². The molecular formula is C21H22N2O2. The van der Waals surface area contributed by atoms with Crippen molar-refractivity contribution in [1.29, 1.82) is 0 Å². The SMILES string of the molecule is CN(CC(=O)NC(c1ccccc1)c1ccco1)Cc1ccccc1. The van der Waals surface area contributed by atoms with Crippen molar-refractivity contribution in [2.75, 3.05) is 13.6 Å². The first-order chi connectivity index (χ1) is 12.2. The van der Waals surface area contributed by atoms with E-state index in [1.54, 1.807) is 6.26 Å². The molecule has 2 aromatic carbocycles. The van der Waals surface area contributed by atoms with Gasteiger partial charge in [0, 0.05) is 6.54 Å². The van der Waals surface area contributed by atoms with Crippen LogP contribution in [0.1, 0.15) is 22.9 Å². The van der Waals surface area contributed by atoms with Gasteiger partial charge in [-0.1, -0.05) is 60.7 Å². The second-order valence-corrected chi connectivity index (χ2v) is 6.08. The van der Waals surface area contributed by atoms with Gasteiger partial charge < -0.3 is 9.73 Å². The van der Waals surface area contributed by atoms with Gasteiger partial charge in [0.05, 0.1) is 12.8 Å². The Morgan fingerprint density at radius 1 is 1.00 bits per heavy atom. The molecule has 0 fully saturated rings. The van der Waals surface area contributed by atoms with E-state index in [1.165, 1.54) is 5.56 Å². The van der Waals surface area contributed by atoms with Crippen molar-refractivity contribution < 1.29 is 9.21 Å². The average Bonchev–Trinajstić information content (AvgIpc) is 3.15. The van der Waals surface area contributed by atoms with E-state index >= 15 is 0 Å². The van der Waals surface area contributed by atoms with E-state index in [0.29, 0.717) is 6.54 Å². The number of benzene rings is 2. The first-order valence-corrected chi connectivity index (χ1v) is 8.32. The van der Waals surface area contributed by atoms with Gasteiger partial charge in [0.2, 0.25) is 5.91 Å². The van der Waals surface area contributed by atoms with Gasteiger partial charge in [-0.2, -0.15) is 0 Å². The minimum absolute atomic E-state index is 0.0383. The quantitative estimate of drug-likeness (QED) is 0.718. The molecule has 0 aliphatic rings. The standard InChI is InChI=1S/C21H22N2O2/c1-23(15-17-9-4-2-5-10-17)16-20(24)22-21(19-13-8-14-25-19)18-11-6-3-7-12-18/h2-14,21H,15-16H2,1H3,(H,22,24). The molecule has 0 saturated heterocycles. The number of nitrogens with one attached hydrogen (secondary N) is 1. The van der Waals surface area contributed by atoms with Crippen molar-refractivity contribution in [2.24, 2.45) is 0 Å². The number of carbonyl (C=O) groups is 1. The van der Waals surface area contributed by atoms with Gasteiger partial charge >= 0.3 is 0 Å². The molecule has 0 radical (unpaired) electrons. The highest BCUT2D eigenvalue weighted by Crippen LogP contribution is 2.22. The zero-order valence-corrected chi connectivity index (χ0v) is 14.3. The third-order valence-electron chi connectivity index (χ3n) is 3.97. The molecule has 1 aromatic heterocycles. The fourth-order valence-electron chi connectivity index (χ4n) is 2.82. The molecule has 0 aliphatic heterocycles. The van der Waals surface area contributed by atoms with Gasteiger partial charge in [-0.15, -0.1) is 0 Å². The van der Waals surface area contributed by atoms with E-state index in [-0.39, 0.29) is 11.9 Å². The molecule has 1 atom stereocenters. The molecule has 4 heteroatoms. The molecule has 1 N–H and O–H groups in total. The van der Waals surface area contributed by atoms with Crippen molar-refractivity contribution in [2.45, 2.75) is 12.6 Å². The Bertz CT molecular complexity index is 770. The number of hydrogen-bond donors (Lipinski definition) is 1. The molecule has 128 valence electrons. The maximum Gasteiger partial charge on any atom is 0.235 e. The lowest BCUT2D eigenvalue weighted by Crippen LogP contribution is -2.37. The van der Waals surface area contributed by atoms with E-state index < -0.39 is 0 Å². The molecular weight excluding hydrogens is 312 g/mol. The maximum atomic E-state index is 12.5. The minimum atomic E-state index is -0.283. The molecule has 1 unspecified atom stereocenters. The number of furan rings is 1. The van der Waals surface area contributed by atoms with Crippen LogP contribution in [0.5, 0.6) is 0 Å². The van der Waals surface area contributed by atoms with E-state index in [1.807, 2.05) is 72.6 Å². The Hall–Kier alpha value is -2.85. The highest BCUT2D eigenvalue weighted by molar-refractivity contribution is 5.78. The van der Waals surface area contributed by atoms with Gasteiger partial charge in [-0.05, 0) is 30.3 Å². The van der Waals surface area contributed by atoms with Crippen LogP contribution >= 0.6 is 0 Å². The first kappa shape index (κ1) is 17.0. The predicted octanol–water partition coefficient (Wildman–Crippen LogP) is 3.62. The topological polar surface area (TPSA) is 45.5 Å². The highest BCUT2D eigenvalue weighted by atomic mass is 16.3. The summed E-state index contributed by atoms with van der Waals surface area (Å²) in [5.74, 6) is 0.689. The van der Waals surface area contributed by atoms with Crippen molar-refractivity contribution in [1.82, 2.24) is 10.2 Å². The number of amides is 1. The summed E-state index contributed by atoms with van der Waals surface area (Å²) in [4.78, 5) is 14.5. The number of hydrogen-bond acceptors (Lipinski definition) is 3. The molecule has 25 heavy (non-hydrogen) atoms. The largest absolute Gasteiger partial charge is 0.467 e. The van der Waals surface area contributed by atoms with Crippen LogP contribution in [0, 0.1) is 0 Å². The fraction of sp³-hybridized carbons (Fsp3) is 0.190. The second kappa shape index (κ2) is 8.31. The van der Waals surface area contributed by atoms with Crippen LogP contribution in [-0.2, 0) is 11.3 Å². The summed E-state index contributed by atoms with van der Waals surface area (Å²) in [5.41, 5.74) is 2.18. The molecule has 1 amide bonds. The van der Waals surface area contributed by atoms with Gasteiger partial charge in [0.15, 0.2) is 0 Å². The third-order valence-corrected chi connectivity index (χ3v) is 3.97. The van der Waals surface area contributed by atoms with Crippen molar-refractivity contribution in [3.8, 4) is 0 Å². The zero-order chi connectivity index (χ0) is 17.5. The van der Waals surface area contributed by atoms with Gasteiger partial charge in [-0.25, -0.2) is 0 Å². The molecule has 0 spiro atoms. The normalized spacial score (nSPS) is 12.1. The number of rotatable bonds is 7. The van der Waals surface area contributed by atoms with Crippen LogP contribution in [-0.4, -0.2) is 24.4 Å². The number of nitrogens with zero attached hydrogens (tertiary/aromatic N) is 1. The maximum absolute atomic E-state index is 12.5. The van der Waals surface area contributed by atoms with Crippen molar-refractivity contribution >= 4 is 5.91 Å². The fourth-order valence-corrected chi connectivity index (χ4v) is 2.82. The molecule has 3 aromatic rings.